The SMILES string of the molecule is CC1CCCNC1C(=O)NC1CC1(C)C. The van der Waals surface area contributed by atoms with Gasteiger partial charge in [-0.2, -0.15) is 0 Å². The molecule has 1 heterocycles. The van der Waals surface area contributed by atoms with E-state index >= 15 is 0 Å². The molecule has 0 spiro atoms. The summed E-state index contributed by atoms with van der Waals surface area (Å²) in [7, 11) is 0. The first-order chi connectivity index (χ1) is 7.00. The molecule has 2 fully saturated rings. The van der Waals surface area contributed by atoms with Crippen LogP contribution in [-0.2, 0) is 4.79 Å². The molecule has 0 aromatic heterocycles. The first-order valence-corrected chi connectivity index (χ1v) is 6.04. The second-order valence-corrected chi connectivity index (χ2v) is 5.81. The third kappa shape index (κ3) is 2.33. The van der Waals surface area contributed by atoms with E-state index in [0.717, 1.165) is 13.0 Å². The van der Waals surface area contributed by atoms with Gasteiger partial charge in [0.1, 0.15) is 0 Å². The Bertz CT molecular complexity index is 262. The molecule has 1 aliphatic carbocycles. The molecule has 2 N–H and O–H groups in total. The normalized spacial score (nSPS) is 38.5. The van der Waals surface area contributed by atoms with Crippen molar-refractivity contribution in [2.75, 3.05) is 6.54 Å². The largest absolute Gasteiger partial charge is 0.351 e. The Hall–Kier alpha value is -0.570. The van der Waals surface area contributed by atoms with Crippen molar-refractivity contribution in [3.8, 4) is 0 Å². The van der Waals surface area contributed by atoms with Gasteiger partial charge in [-0.15, -0.1) is 0 Å². The summed E-state index contributed by atoms with van der Waals surface area (Å²) in [5.41, 5.74) is 0.327. The Labute approximate surface area is 92.0 Å². The summed E-state index contributed by atoms with van der Waals surface area (Å²) in [5.74, 6) is 0.679. The van der Waals surface area contributed by atoms with E-state index in [0.29, 0.717) is 17.4 Å². The van der Waals surface area contributed by atoms with Crippen LogP contribution in [0.1, 0.15) is 40.0 Å². The molecule has 3 nitrogen and oxygen atoms in total. The van der Waals surface area contributed by atoms with Crippen LogP contribution < -0.4 is 10.6 Å². The van der Waals surface area contributed by atoms with Gasteiger partial charge >= 0.3 is 0 Å². The molecule has 3 unspecified atom stereocenters. The standard InChI is InChI=1S/C12H22N2O/c1-8-5-4-6-13-10(8)11(15)14-9-7-12(9,2)3/h8-10,13H,4-7H2,1-3H3,(H,14,15). The van der Waals surface area contributed by atoms with Crippen LogP contribution in [0.15, 0.2) is 0 Å². The maximum absolute atomic E-state index is 12.0. The van der Waals surface area contributed by atoms with Crippen LogP contribution in [0.25, 0.3) is 0 Å². The quantitative estimate of drug-likeness (QED) is 0.721. The molecule has 2 rings (SSSR count). The van der Waals surface area contributed by atoms with Crippen molar-refractivity contribution in [3.05, 3.63) is 0 Å². The molecule has 3 heteroatoms. The Morgan fingerprint density at radius 3 is 2.67 bits per heavy atom. The van der Waals surface area contributed by atoms with E-state index in [1.165, 1.54) is 12.8 Å². The third-order valence-electron chi connectivity index (χ3n) is 3.88. The maximum Gasteiger partial charge on any atom is 0.237 e. The fourth-order valence-electron chi connectivity index (χ4n) is 2.38. The molecule has 0 bridgehead atoms. The lowest BCUT2D eigenvalue weighted by Crippen LogP contribution is -2.51. The van der Waals surface area contributed by atoms with E-state index in [2.05, 4.69) is 31.4 Å². The van der Waals surface area contributed by atoms with Crippen molar-refractivity contribution >= 4 is 5.91 Å². The molecule has 0 radical (unpaired) electrons. The Balaban J connectivity index is 1.85. The average Bonchev–Trinajstić information content (AvgIpc) is 2.74. The summed E-state index contributed by atoms with van der Waals surface area (Å²) in [5, 5.41) is 6.46. The van der Waals surface area contributed by atoms with E-state index < -0.39 is 0 Å². The summed E-state index contributed by atoms with van der Waals surface area (Å²) in [4.78, 5) is 12.0. The first kappa shape index (κ1) is 10.9. The molecule has 2 aliphatic rings. The van der Waals surface area contributed by atoms with E-state index in [9.17, 15) is 4.79 Å². The number of amides is 1. The molecule has 1 saturated carbocycles. The lowest BCUT2D eigenvalue weighted by Gasteiger charge is -2.29. The van der Waals surface area contributed by atoms with Crippen molar-refractivity contribution in [2.24, 2.45) is 11.3 Å². The number of rotatable bonds is 2. The monoisotopic (exact) mass is 210 g/mol. The molecule has 0 aromatic carbocycles. The van der Waals surface area contributed by atoms with Gasteiger partial charge in [-0.3, -0.25) is 4.79 Å². The predicted molar refractivity (Wildman–Crippen MR) is 60.5 cm³/mol. The maximum atomic E-state index is 12.0. The summed E-state index contributed by atoms with van der Waals surface area (Å²) < 4.78 is 0. The molecule has 3 atom stereocenters. The molecule has 15 heavy (non-hydrogen) atoms. The number of piperidine rings is 1. The highest BCUT2D eigenvalue weighted by atomic mass is 16.2. The van der Waals surface area contributed by atoms with Crippen LogP contribution in [0, 0.1) is 11.3 Å². The minimum absolute atomic E-state index is 0.0372. The van der Waals surface area contributed by atoms with Crippen molar-refractivity contribution in [1.82, 2.24) is 10.6 Å². The zero-order valence-electron chi connectivity index (χ0n) is 9.97. The van der Waals surface area contributed by atoms with Crippen molar-refractivity contribution in [1.29, 1.82) is 0 Å². The highest BCUT2D eigenvalue weighted by Crippen LogP contribution is 2.44. The molecular formula is C12H22N2O. The number of carbonyl (C=O) groups is 1. The van der Waals surface area contributed by atoms with Crippen LogP contribution in [0.3, 0.4) is 0 Å². The van der Waals surface area contributed by atoms with Gasteiger partial charge in [-0.05, 0) is 37.1 Å². The Kier molecular flexibility index (Phi) is 2.75. The first-order valence-electron chi connectivity index (χ1n) is 6.04. The fourth-order valence-corrected chi connectivity index (χ4v) is 2.38. The van der Waals surface area contributed by atoms with Gasteiger partial charge < -0.3 is 10.6 Å². The second-order valence-electron chi connectivity index (χ2n) is 5.81. The van der Waals surface area contributed by atoms with Gasteiger partial charge in [-0.25, -0.2) is 0 Å². The number of hydrogen-bond donors (Lipinski definition) is 2. The number of hydrogen-bond acceptors (Lipinski definition) is 2. The smallest absolute Gasteiger partial charge is 0.237 e. The van der Waals surface area contributed by atoms with Gasteiger partial charge in [0, 0.05) is 6.04 Å². The Morgan fingerprint density at radius 2 is 2.13 bits per heavy atom. The van der Waals surface area contributed by atoms with Crippen molar-refractivity contribution < 1.29 is 4.79 Å². The van der Waals surface area contributed by atoms with Crippen LogP contribution in [-0.4, -0.2) is 24.5 Å². The van der Waals surface area contributed by atoms with Crippen molar-refractivity contribution in [2.45, 2.75) is 52.1 Å². The van der Waals surface area contributed by atoms with Crippen LogP contribution >= 0.6 is 0 Å². The number of carbonyl (C=O) groups excluding carboxylic acids is 1. The summed E-state index contributed by atoms with van der Waals surface area (Å²) in [6.07, 6.45) is 3.48. The highest BCUT2D eigenvalue weighted by molar-refractivity contribution is 5.82. The van der Waals surface area contributed by atoms with Crippen LogP contribution in [0.2, 0.25) is 0 Å². The van der Waals surface area contributed by atoms with Gasteiger partial charge in [-0.1, -0.05) is 20.8 Å². The zero-order valence-corrected chi connectivity index (χ0v) is 9.97. The van der Waals surface area contributed by atoms with Gasteiger partial charge in [0.2, 0.25) is 5.91 Å². The van der Waals surface area contributed by atoms with E-state index in [1.54, 1.807) is 0 Å². The lowest BCUT2D eigenvalue weighted by atomic mass is 9.92. The summed E-state index contributed by atoms with van der Waals surface area (Å²) in [6, 6.07) is 0.441. The minimum atomic E-state index is 0.0372. The molecule has 1 saturated heterocycles. The van der Waals surface area contributed by atoms with E-state index in [1.807, 2.05) is 0 Å². The lowest BCUT2D eigenvalue weighted by molar-refractivity contribution is -0.125. The predicted octanol–water partition coefficient (Wildman–Crippen LogP) is 1.29. The molecular weight excluding hydrogens is 188 g/mol. The van der Waals surface area contributed by atoms with Crippen LogP contribution in [0.5, 0.6) is 0 Å². The average molecular weight is 210 g/mol. The highest BCUT2D eigenvalue weighted by Gasteiger charge is 2.47. The second kappa shape index (κ2) is 3.78. The minimum Gasteiger partial charge on any atom is -0.351 e. The number of nitrogens with one attached hydrogen (secondary N) is 2. The zero-order chi connectivity index (χ0) is 11.1. The summed E-state index contributed by atoms with van der Waals surface area (Å²) >= 11 is 0. The molecule has 1 aliphatic heterocycles. The topological polar surface area (TPSA) is 41.1 Å². The molecule has 86 valence electrons. The van der Waals surface area contributed by atoms with Gasteiger partial charge in [0.05, 0.1) is 6.04 Å². The van der Waals surface area contributed by atoms with Gasteiger partial charge in [0.25, 0.3) is 0 Å². The van der Waals surface area contributed by atoms with Gasteiger partial charge in [0.15, 0.2) is 0 Å². The molecule has 0 aromatic rings. The summed E-state index contributed by atoms with van der Waals surface area (Å²) in [6.45, 7) is 7.55. The van der Waals surface area contributed by atoms with Crippen molar-refractivity contribution in [3.63, 3.8) is 0 Å². The fraction of sp³-hybridized carbons (Fsp3) is 0.917. The van der Waals surface area contributed by atoms with E-state index in [4.69, 9.17) is 0 Å². The molecule has 1 amide bonds. The van der Waals surface area contributed by atoms with E-state index in [-0.39, 0.29) is 11.9 Å². The third-order valence-corrected chi connectivity index (χ3v) is 3.88. The van der Waals surface area contributed by atoms with Crippen LogP contribution in [0.4, 0.5) is 0 Å². The Morgan fingerprint density at radius 1 is 1.47 bits per heavy atom.